The Labute approximate surface area is 168 Å². The second-order valence-corrected chi connectivity index (χ2v) is 7.47. The number of aromatic amines is 1. The number of hydrogen-bond acceptors (Lipinski definition) is 5. The number of fused-ring (bicyclic) bond motifs is 1. The van der Waals surface area contributed by atoms with E-state index in [1.165, 1.54) is 24.4 Å². The van der Waals surface area contributed by atoms with Gasteiger partial charge in [-0.15, -0.1) is 0 Å². The summed E-state index contributed by atoms with van der Waals surface area (Å²) in [7, 11) is 1.66. The molecule has 3 aromatic rings. The van der Waals surface area contributed by atoms with E-state index in [1.807, 2.05) is 6.92 Å². The highest BCUT2D eigenvalue weighted by Gasteiger charge is 2.19. The Morgan fingerprint density at radius 2 is 2.03 bits per heavy atom. The fourth-order valence-corrected chi connectivity index (χ4v) is 3.33. The summed E-state index contributed by atoms with van der Waals surface area (Å²) in [4.78, 5) is 24.4. The van der Waals surface area contributed by atoms with Crippen LogP contribution in [-0.4, -0.2) is 39.7 Å². The van der Waals surface area contributed by atoms with Crippen molar-refractivity contribution in [3.05, 3.63) is 53.2 Å². The molecule has 2 aromatic heterocycles. The summed E-state index contributed by atoms with van der Waals surface area (Å²) in [5, 5.41) is 14.4. The van der Waals surface area contributed by atoms with Gasteiger partial charge in [-0.3, -0.25) is 10.2 Å². The van der Waals surface area contributed by atoms with E-state index in [0.717, 1.165) is 6.42 Å². The topological polar surface area (TPSA) is 107 Å². The fourth-order valence-electron chi connectivity index (χ4n) is 3.33. The van der Waals surface area contributed by atoms with Crippen molar-refractivity contribution in [2.24, 2.45) is 5.92 Å². The standard InChI is InChI=1S/C21H25FN6O/c1-11(2)7-12(3)27-21(29)15-9-25-20-19(15)28-17(10-26-20)18(23)14-6-5-13(22)8-16(14)24-4/h5-6,8-12,23-24H,7H2,1-4H3,(H,25,26)(H,27,29). The molecular weight excluding hydrogens is 371 g/mol. The number of aromatic nitrogens is 3. The van der Waals surface area contributed by atoms with Crippen LogP contribution in [0, 0.1) is 17.1 Å². The van der Waals surface area contributed by atoms with E-state index in [1.54, 1.807) is 13.2 Å². The van der Waals surface area contributed by atoms with Gasteiger partial charge in [-0.25, -0.2) is 14.4 Å². The second-order valence-electron chi connectivity index (χ2n) is 7.47. The Kier molecular flexibility index (Phi) is 5.91. The van der Waals surface area contributed by atoms with Gasteiger partial charge in [0.05, 0.1) is 17.5 Å². The van der Waals surface area contributed by atoms with Crippen molar-refractivity contribution in [1.29, 1.82) is 5.41 Å². The molecule has 0 aliphatic rings. The molecule has 2 heterocycles. The molecule has 1 aromatic carbocycles. The number of carbonyl (C=O) groups is 1. The zero-order valence-electron chi connectivity index (χ0n) is 16.9. The van der Waals surface area contributed by atoms with E-state index in [9.17, 15) is 9.18 Å². The molecule has 7 nitrogen and oxygen atoms in total. The number of amides is 1. The lowest BCUT2D eigenvalue weighted by atomic mass is 10.0. The highest BCUT2D eigenvalue weighted by atomic mass is 19.1. The van der Waals surface area contributed by atoms with E-state index in [4.69, 9.17) is 5.41 Å². The van der Waals surface area contributed by atoms with E-state index in [0.29, 0.717) is 39.6 Å². The van der Waals surface area contributed by atoms with E-state index < -0.39 is 5.82 Å². The highest BCUT2D eigenvalue weighted by molar-refractivity contribution is 6.14. The minimum atomic E-state index is -0.396. The van der Waals surface area contributed by atoms with Crippen LogP contribution in [0.2, 0.25) is 0 Å². The number of benzene rings is 1. The first kappa shape index (κ1) is 20.4. The zero-order chi connectivity index (χ0) is 21.1. The number of hydrogen-bond donors (Lipinski definition) is 4. The van der Waals surface area contributed by atoms with Gasteiger partial charge in [0.1, 0.15) is 17.0 Å². The second kappa shape index (κ2) is 8.38. The predicted octanol–water partition coefficient (Wildman–Crippen LogP) is 3.72. The molecule has 0 fully saturated rings. The van der Waals surface area contributed by atoms with Crippen molar-refractivity contribution >= 4 is 28.5 Å². The van der Waals surface area contributed by atoms with Gasteiger partial charge in [0.25, 0.3) is 5.91 Å². The maximum atomic E-state index is 13.5. The summed E-state index contributed by atoms with van der Waals surface area (Å²) in [6.07, 6.45) is 3.91. The quantitative estimate of drug-likeness (QED) is 0.457. The molecule has 152 valence electrons. The maximum Gasteiger partial charge on any atom is 0.255 e. The average molecular weight is 396 g/mol. The summed E-state index contributed by atoms with van der Waals surface area (Å²) < 4.78 is 13.5. The van der Waals surface area contributed by atoms with Crippen LogP contribution in [0.4, 0.5) is 10.1 Å². The van der Waals surface area contributed by atoms with E-state index in [-0.39, 0.29) is 17.7 Å². The lowest BCUT2D eigenvalue weighted by Gasteiger charge is -2.15. The summed E-state index contributed by atoms with van der Waals surface area (Å²) in [6, 6.07) is 4.16. The molecule has 0 aliphatic heterocycles. The van der Waals surface area contributed by atoms with Gasteiger partial charge >= 0.3 is 0 Å². The summed E-state index contributed by atoms with van der Waals surface area (Å²) in [5.41, 5.74) is 2.60. The molecule has 0 saturated heterocycles. The molecule has 0 bridgehead atoms. The van der Waals surface area contributed by atoms with Gasteiger partial charge in [0.2, 0.25) is 0 Å². The largest absolute Gasteiger partial charge is 0.387 e. The molecule has 4 N–H and O–H groups in total. The molecular formula is C21H25FN6O. The Hall–Kier alpha value is -3.29. The Bertz CT molecular complexity index is 1060. The van der Waals surface area contributed by atoms with Crippen molar-refractivity contribution in [3.63, 3.8) is 0 Å². The van der Waals surface area contributed by atoms with Crippen LogP contribution in [0.3, 0.4) is 0 Å². The first-order chi connectivity index (χ1) is 13.8. The number of H-pyrrole nitrogens is 1. The van der Waals surface area contributed by atoms with Gasteiger partial charge in [0, 0.05) is 30.5 Å². The number of carbonyl (C=O) groups excluding carboxylic acids is 1. The van der Waals surface area contributed by atoms with Crippen LogP contribution >= 0.6 is 0 Å². The van der Waals surface area contributed by atoms with Crippen molar-refractivity contribution in [2.75, 3.05) is 12.4 Å². The minimum absolute atomic E-state index is 0.0271. The van der Waals surface area contributed by atoms with Gasteiger partial charge in [0.15, 0.2) is 5.65 Å². The molecule has 0 radical (unpaired) electrons. The van der Waals surface area contributed by atoms with Crippen molar-refractivity contribution < 1.29 is 9.18 Å². The Morgan fingerprint density at radius 1 is 1.28 bits per heavy atom. The molecule has 8 heteroatoms. The maximum absolute atomic E-state index is 13.5. The van der Waals surface area contributed by atoms with Gasteiger partial charge in [-0.05, 0) is 37.5 Å². The molecule has 0 saturated carbocycles. The lowest BCUT2D eigenvalue weighted by molar-refractivity contribution is 0.0937. The van der Waals surface area contributed by atoms with Gasteiger partial charge in [-0.2, -0.15) is 0 Å². The number of rotatable bonds is 7. The normalized spacial score (nSPS) is 12.2. The Balaban J connectivity index is 1.93. The average Bonchev–Trinajstić information content (AvgIpc) is 3.09. The highest BCUT2D eigenvalue weighted by Crippen LogP contribution is 2.21. The van der Waals surface area contributed by atoms with Crippen LogP contribution < -0.4 is 10.6 Å². The fraction of sp³-hybridized carbons (Fsp3) is 0.333. The number of anilines is 1. The van der Waals surface area contributed by atoms with Crippen LogP contribution in [0.5, 0.6) is 0 Å². The third-order valence-corrected chi connectivity index (χ3v) is 4.60. The van der Waals surface area contributed by atoms with Crippen molar-refractivity contribution in [3.8, 4) is 0 Å². The lowest BCUT2D eigenvalue weighted by Crippen LogP contribution is -2.33. The van der Waals surface area contributed by atoms with Crippen molar-refractivity contribution in [1.82, 2.24) is 20.3 Å². The first-order valence-corrected chi connectivity index (χ1v) is 9.51. The molecule has 3 rings (SSSR count). The number of nitrogens with one attached hydrogen (secondary N) is 4. The zero-order valence-corrected chi connectivity index (χ0v) is 16.9. The van der Waals surface area contributed by atoms with Crippen LogP contribution in [0.15, 0.2) is 30.6 Å². The first-order valence-electron chi connectivity index (χ1n) is 9.51. The predicted molar refractivity (Wildman–Crippen MR) is 112 cm³/mol. The van der Waals surface area contributed by atoms with Crippen LogP contribution in [0.25, 0.3) is 11.2 Å². The smallest absolute Gasteiger partial charge is 0.255 e. The van der Waals surface area contributed by atoms with E-state index >= 15 is 0 Å². The molecule has 29 heavy (non-hydrogen) atoms. The summed E-state index contributed by atoms with van der Waals surface area (Å²) in [6.45, 7) is 6.17. The molecule has 0 aliphatic carbocycles. The number of halogens is 1. The Morgan fingerprint density at radius 3 is 2.72 bits per heavy atom. The summed E-state index contributed by atoms with van der Waals surface area (Å²) >= 11 is 0. The molecule has 1 amide bonds. The SMILES string of the molecule is CNc1cc(F)ccc1C(=N)c1cnc2[nH]cc(C(=O)NC(C)CC(C)C)c2n1. The number of nitrogens with zero attached hydrogens (tertiary/aromatic N) is 2. The van der Waals surface area contributed by atoms with E-state index in [2.05, 4.69) is 39.4 Å². The third-order valence-electron chi connectivity index (χ3n) is 4.60. The molecule has 1 atom stereocenters. The third kappa shape index (κ3) is 4.42. The van der Waals surface area contributed by atoms with Gasteiger partial charge < -0.3 is 15.6 Å². The van der Waals surface area contributed by atoms with Crippen molar-refractivity contribution in [2.45, 2.75) is 33.2 Å². The van der Waals surface area contributed by atoms with Gasteiger partial charge in [-0.1, -0.05) is 13.8 Å². The van der Waals surface area contributed by atoms with Crippen LogP contribution in [-0.2, 0) is 0 Å². The monoisotopic (exact) mass is 396 g/mol. The minimum Gasteiger partial charge on any atom is -0.387 e. The molecule has 0 spiro atoms. The summed E-state index contributed by atoms with van der Waals surface area (Å²) in [5.74, 6) is -0.162. The van der Waals surface area contributed by atoms with Crippen LogP contribution in [0.1, 0.15) is 48.8 Å². The molecule has 1 unspecified atom stereocenters.